The van der Waals surface area contributed by atoms with Crippen LogP contribution in [-0.2, 0) is 6.42 Å². The van der Waals surface area contributed by atoms with Crippen molar-refractivity contribution in [3.63, 3.8) is 0 Å². The molecule has 0 saturated heterocycles. The molecule has 1 aromatic rings. The van der Waals surface area contributed by atoms with Crippen LogP contribution in [0.15, 0.2) is 10.5 Å². The maximum absolute atomic E-state index is 11.6. The molecule has 0 radical (unpaired) electrons. The molecule has 1 heterocycles. The summed E-state index contributed by atoms with van der Waals surface area (Å²) < 4.78 is 5.42. The minimum Gasteiger partial charge on any atom is -0.456 e. The molecule has 0 aliphatic rings. The third kappa shape index (κ3) is 2.83. The van der Waals surface area contributed by atoms with Gasteiger partial charge in [-0.15, -0.1) is 0 Å². The molecule has 3 N–H and O–H groups in total. The number of amides is 1. The van der Waals surface area contributed by atoms with Crippen molar-refractivity contribution in [3.05, 3.63) is 23.2 Å². The van der Waals surface area contributed by atoms with Gasteiger partial charge in [-0.05, 0) is 25.5 Å². The Morgan fingerprint density at radius 1 is 1.67 bits per heavy atom. The number of nitrogens with two attached hydrogens (primary N) is 1. The number of nitrogens with one attached hydrogen (secondary N) is 1. The van der Waals surface area contributed by atoms with Gasteiger partial charge < -0.3 is 15.5 Å². The zero-order valence-corrected chi connectivity index (χ0v) is 9.46. The molecule has 1 rings (SSSR count). The maximum Gasteiger partial charge on any atom is 0.287 e. The van der Waals surface area contributed by atoms with E-state index in [0.717, 1.165) is 17.7 Å². The lowest BCUT2D eigenvalue weighted by Crippen LogP contribution is -2.37. The highest BCUT2D eigenvalue weighted by atomic mass is 16.4. The van der Waals surface area contributed by atoms with E-state index in [1.807, 2.05) is 20.8 Å². The zero-order chi connectivity index (χ0) is 11.4. The van der Waals surface area contributed by atoms with Crippen LogP contribution in [0.4, 0.5) is 0 Å². The van der Waals surface area contributed by atoms with E-state index in [1.165, 1.54) is 0 Å². The van der Waals surface area contributed by atoms with E-state index in [0.29, 0.717) is 12.3 Å². The van der Waals surface area contributed by atoms with Crippen LogP contribution in [0.25, 0.3) is 0 Å². The molecule has 1 amide bonds. The summed E-state index contributed by atoms with van der Waals surface area (Å²) in [5, 5.41) is 2.75. The van der Waals surface area contributed by atoms with E-state index in [-0.39, 0.29) is 11.9 Å². The SMILES string of the molecule is CCc1oc(C(=O)N[C@@H](C)CN)cc1C. The Kier molecular flexibility index (Phi) is 3.91. The lowest BCUT2D eigenvalue weighted by atomic mass is 10.2. The van der Waals surface area contributed by atoms with Crippen LogP contribution in [0.3, 0.4) is 0 Å². The molecule has 0 aromatic carbocycles. The van der Waals surface area contributed by atoms with E-state index in [1.54, 1.807) is 6.07 Å². The van der Waals surface area contributed by atoms with E-state index in [4.69, 9.17) is 10.2 Å². The van der Waals surface area contributed by atoms with Crippen LogP contribution >= 0.6 is 0 Å². The largest absolute Gasteiger partial charge is 0.456 e. The molecule has 0 aliphatic carbocycles. The second-order valence-corrected chi connectivity index (χ2v) is 3.68. The van der Waals surface area contributed by atoms with Crippen molar-refractivity contribution in [3.8, 4) is 0 Å². The molecule has 0 saturated carbocycles. The lowest BCUT2D eigenvalue weighted by Gasteiger charge is -2.09. The van der Waals surface area contributed by atoms with Crippen molar-refractivity contribution in [2.75, 3.05) is 6.54 Å². The van der Waals surface area contributed by atoms with E-state index < -0.39 is 0 Å². The molecule has 0 bridgehead atoms. The molecule has 84 valence electrons. The van der Waals surface area contributed by atoms with Gasteiger partial charge in [-0.3, -0.25) is 4.79 Å². The lowest BCUT2D eigenvalue weighted by molar-refractivity contribution is 0.0911. The minimum atomic E-state index is -0.198. The summed E-state index contributed by atoms with van der Waals surface area (Å²) in [5.41, 5.74) is 6.43. The summed E-state index contributed by atoms with van der Waals surface area (Å²) in [6.45, 7) is 6.21. The summed E-state index contributed by atoms with van der Waals surface area (Å²) in [5.74, 6) is 1.03. The first kappa shape index (κ1) is 11.8. The van der Waals surface area contributed by atoms with Gasteiger partial charge in [-0.1, -0.05) is 6.92 Å². The fourth-order valence-electron chi connectivity index (χ4n) is 1.34. The van der Waals surface area contributed by atoms with Crippen LogP contribution in [0.2, 0.25) is 0 Å². The maximum atomic E-state index is 11.6. The van der Waals surface area contributed by atoms with Gasteiger partial charge in [0.15, 0.2) is 5.76 Å². The molecule has 1 atom stereocenters. The smallest absolute Gasteiger partial charge is 0.287 e. The molecule has 0 spiro atoms. The molecule has 4 heteroatoms. The summed E-state index contributed by atoms with van der Waals surface area (Å²) in [6, 6.07) is 1.73. The van der Waals surface area contributed by atoms with Gasteiger partial charge in [0, 0.05) is 19.0 Å². The first-order chi connectivity index (χ1) is 7.08. The molecule has 4 nitrogen and oxygen atoms in total. The minimum absolute atomic E-state index is 0.0343. The van der Waals surface area contributed by atoms with Crippen molar-refractivity contribution in [2.24, 2.45) is 5.73 Å². The van der Waals surface area contributed by atoms with Crippen LogP contribution in [0.5, 0.6) is 0 Å². The topological polar surface area (TPSA) is 68.3 Å². The number of carbonyl (C=O) groups excluding carboxylic acids is 1. The van der Waals surface area contributed by atoms with Crippen molar-refractivity contribution in [1.29, 1.82) is 0 Å². The Bertz CT molecular complexity index is 344. The fraction of sp³-hybridized carbons (Fsp3) is 0.545. The average molecular weight is 210 g/mol. The molecule has 1 aromatic heterocycles. The van der Waals surface area contributed by atoms with Gasteiger partial charge in [0.05, 0.1) is 0 Å². The normalized spacial score (nSPS) is 12.5. The molecular formula is C11H18N2O2. The predicted octanol–water partition coefficient (Wildman–Crippen LogP) is 1.23. The van der Waals surface area contributed by atoms with Crippen molar-refractivity contribution in [2.45, 2.75) is 33.2 Å². The van der Waals surface area contributed by atoms with Crippen molar-refractivity contribution in [1.82, 2.24) is 5.32 Å². The Labute approximate surface area is 89.8 Å². The van der Waals surface area contributed by atoms with Gasteiger partial charge in [0.25, 0.3) is 5.91 Å². The molecule has 15 heavy (non-hydrogen) atoms. The van der Waals surface area contributed by atoms with Crippen LogP contribution in [-0.4, -0.2) is 18.5 Å². The van der Waals surface area contributed by atoms with Gasteiger partial charge in [0.1, 0.15) is 5.76 Å². The first-order valence-electron chi connectivity index (χ1n) is 5.18. The molecule has 0 aliphatic heterocycles. The number of hydrogen-bond acceptors (Lipinski definition) is 3. The van der Waals surface area contributed by atoms with E-state index in [2.05, 4.69) is 5.32 Å². The van der Waals surface area contributed by atoms with Gasteiger partial charge in [-0.2, -0.15) is 0 Å². The zero-order valence-electron chi connectivity index (χ0n) is 9.46. The van der Waals surface area contributed by atoms with Gasteiger partial charge in [0.2, 0.25) is 0 Å². The third-order valence-electron chi connectivity index (χ3n) is 2.30. The summed E-state index contributed by atoms with van der Waals surface area (Å²) in [6.07, 6.45) is 0.797. The number of carbonyl (C=O) groups is 1. The Morgan fingerprint density at radius 2 is 2.33 bits per heavy atom. The summed E-state index contributed by atoms with van der Waals surface area (Å²) in [4.78, 5) is 11.6. The fourth-order valence-corrected chi connectivity index (χ4v) is 1.34. The third-order valence-corrected chi connectivity index (χ3v) is 2.30. The first-order valence-corrected chi connectivity index (χ1v) is 5.18. The Hall–Kier alpha value is -1.29. The van der Waals surface area contributed by atoms with Crippen molar-refractivity contribution < 1.29 is 9.21 Å². The van der Waals surface area contributed by atoms with Gasteiger partial charge in [-0.25, -0.2) is 0 Å². The van der Waals surface area contributed by atoms with Crippen molar-refractivity contribution >= 4 is 5.91 Å². The van der Waals surface area contributed by atoms with Crippen LogP contribution in [0, 0.1) is 6.92 Å². The molecule has 0 fully saturated rings. The molecule has 0 unspecified atom stereocenters. The standard InChI is InChI=1S/C11H18N2O2/c1-4-9-7(2)5-10(15-9)11(14)13-8(3)6-12/h5,8H,4,6,12H2,1-3H3,(H,13,14)/t8-/m0/s1. The highest BCUT2D eigenvalue weighted by Gasteiger charge is 2.14. The summed E-state index contributed by atoms with van der Waals surface area (Å²) >= 11 is 0. The molecular weight excluding hydrogens is 192 g/mol. The Balaban J connectivity index is 2.74. The predicted molar refractivity (Wildman–Crippen MR) is 58.8 cm³/mol. The monoisotopic (exact) mass is 210 g/mol. The second-order valence-electron chi connectivity index (χ2n) is 3.68. The second kappa shape index (κ2) is 4.98. The number of aryl methyl sites for hydroxylation is 2. The van der Waals surface area contributed by atoms with Crippen LogP contribution in [0.1, 0.15) is 35.7 Å². The number of hydrogen-bond donors (Lipinski definition) is 2. The van der Waals surface area contributed by atoms with E-state index in [9.17, 15) is 4.79 Å². The van der Waals surface area contributed by atoms with E-state index >= 15 is 0 Å². The Morgan fingerprint density at radius 3 is 2.80 bits per heavy atom. The summed E-state index contributed by atoms with van der Waals surface area (Å²) in [7, 11) is 0. The quantitative estimate of drug-likeness (QED) is 0.785. The van der Waals surface area contributed by atoms with Crippen LogP contribution < -0.4 is 11.1 Å². The number of rotatable bonds is 4. The highest BCUT2D eigenvalue weighted by molar-refractivity contribution is 5.91. The number of furan rings is 1. The average Bonchev–Trinajstić information content (AvgIpc) is 2.59. The highest BCUT2D eigenvalue weighted by Crippen LogP contribution is 2.14. The van der Waals surface area contributed by atoms with Gasteiger partial charge >= 0.3 is 0 Å².